The lowest BCUT2D eigenvalue weighted by Crippen LogP contribution is -2.39. The Kier molecular flexibility index (Phi) is 9.11. The van der Waals surface area contributed by atoms with Crippen LogP contribution < -0.4 is 14.4 Å². The molecule has 222 valence electrons. The molecule has 0 bridgehead atoms. The smallest absolute Gasteiger partial charge is 0.159 e. The van der Waals surface area contributed by atoms with Crippen LogP contribution in [-0.4, -0.2) is 40.7 Å². The summed E-state index contributed by atoms with van der Waals surface area (Å²) in [7, 11) is 5.23. The summed E-state index contributed by atoms with van der Waals surface area (Å²) in [6.07, 6.45) is 3.83. The molecule has 1 aliphatic heterocycles. The van der Waals surface area contributed by atoms with Crippen LogP contribution in [0.15, 0.2) is 97.1 Å². The predicted molar refractivity (Wildman–Crippen MR) is 174 cm³/mol. The Labute approximate surface area is 255 Å². The van der Waals surface area contributed by atoms with Crippen molar-refractivity contribution in [3.05, 3.63) is 125 Å². The summed E-state index contributed by atoms with van der Waals surface area (Å²) >= 11 is 0. The molecule has 1 saturated heterocycles. The van der Waals surface area contributed by atoms with Crippen molar-refractivity contribution < 1.29 is 18.9 Å². The summed E-state index contributed by atoms with van der Waals surface area (Å²) < 4.78 is 23.4. The molecule has 4 aromatic rings. The topological polar surface area (TPSA) is 40.2 Å². The van der Waals surface area contributed by atoms with Crippen molar-refractivity contribution in [3.63, 3.8) is 0 Å². The predicted octanol–water partition coefficient (Wildman–Crippen LogP) is 8.01. The van der Waals surface area contributed by atoms with Crippen molar-refractivity contribution >= 4 is 16.8 Å². The van der Waals surface area contributed by atoms with Crippen molar-refractivity contribution in [1.82, 2.24) is 0 Å². The summed E-state index contributed by atoms with van der Waals surface area (Å²) in [6.45, 7) is 2.48. The second kappa shape index (κ2) is 13.5. The molecule has 5 heteroatoms. The van der Waals surface area contributed by atoms with Gasteiger partial charge in [-0.25, -0.2) is 0 Å². The van der Waals surface area contributed by atoms with Crippen molar-refractivity contribution in [3.8, 4) is 11.5 Å². The maximum absolute atomic E-state index is 6.21. The Hall–Kier alpha value is -4.06. The molecular weight excluding hydrogens is 534 g/mol. The van der Waals surface area contributed by atoms with Crippen LogP contribution in [0.25, 0.3) is 11.1 Å². The van der Waals surface area contributed by atoms with E-state index in [1.807, 2.05) is 18.2 Å². The Morgan fingerprint density at radius 1 is 0.744 bits per heavy atom. The number of fused-ring (bicyclic) bond motifs is 1. The van der Waals surface area contributed by atoms with E-state index >= 15 is 0 Å². The number of allylic oxidation sites excluding steroid dienone is 1. The number of rotatable bonds is 10. The van der Waals surface area contributed by atoms with Crippen LogP contribution in [0.3, 0.4) is 0 Å². The van der Waals surface area contributed by atoms with Gasteiger partial charge in [-0.2, -0.15) is 0 Å². The lowest BCUT2D eigenvalue weighted by atomic mass is 9.79. The monoisotopic (exact) mass is 575 g/mol. The minimum Gasteiger partial charge on any atom is -0.496 e. The van der Waals surface area contributed by atoms with E-state index in [2.05, 4.69) is 83.8 Å². The average molecular weight is 576 g/mol. The number of benzene rings is 4. The van der Waals surface area contributed by atoms with E-state index in [1.54, 1.807) is 21.3 Å². The lowest BCUT2D eigenvalue weighted by molar-refractivity contribution is -0.141. The van der Waals surface area contributed by atoms with Crippen LogP contribution in [0.2, 0.25) is 0 Å². The van der Waals surface area contributed by atoms with Gasteiger partial charge in [-0.3, -0.25) is 0 Å². The Morgan fingerprint density at radius 3 is 2.14 bits per heavy atom. The first-order chi connectivity index (χ1) is 21.2. The third kappa shape index (κ3) is 6.34. The van der Waals surface area contributed by atoms with E-state index in [1.165, 1.54) is 39.1 Å². The fourth-order valence-electron chi connectivity index (χ4n) is 6.63. The standard InChI is InChI=1S/C38H41NO4/c1-40-36-25-31(39-22-20-29(21-23-39)38(41-2)42-3)15-18-35(36)37-33(28-12-8-5-9-13-28)17-14-30-24-32(16-19-34(30)37)43-26-27-10-6-4-7-11-27/h4-13,15-16,18-19,24-25,29,38H,14,17,20-23,26H2,1-3H3. The lowest BCUT2D eigenvalue weighted by Gasteiger charge is -2.36. The van der Waals surface area contributed by atoms with Crippen LogP contribution in [0.4, 0.5) is 5.69 Å². The van der Waals surface area contributed by atoms with Gasteiger partial charge in [0, 0.05) is 50.5 Å². The molecule has 0 unspecified atom stereocenters. The van der Waals surface area contributed by atoms with Crippen molar-refractivity contribution in [1.29, 1.82) is 0 Å². The molecule has 5 nitrogen and oxygen atoms in total. The molecule has 6 rings (SSSR count). The second-order valence-electron chi connectivity index (χ2n) is 11.4. The molecule has 0 amide bonds. The van der Waals surface area contributed by atoms with E-state index in [0.717, 1.165) is 55.8 Å². The fourth-order valence-corrected chi connectivity index (χ4v) is 6.63. The number of methoxy groups -OCH3 is 3. The number of ether oxygens (including phenoxy) is 4. The molecule has 0 radical (unpaired) electrons. The first-order valence-corrected chi connectivity index (χ1v) is 15.3. The molecule has 1 aliphatic carbocycles. The number of anilines is 1. The van der Waals surface area contributed by atoms with Gasteiger partial charge in [0.2, 0.25) is 0 Å². The molecule has 0 atom stereocenters. The largest absolute Gasteiger partial charge is 0.496 e. The van der Waals surface area contributed by atoms with Gasteiger partial charge in [-0.1, -0.05) is 66.7 Å². The van der Waals surface area contributed by atoms with E-state index in [4.69, 9.17) is 18.9 Å². The summed E-state index contributed by atoms with van der Waals surface area (Å²) in [4.78, 5) is 2.45. The van der Waals surface area contributed by atoms with Crippen molar-refractivity contribution in [2.75, 3.05) is 39.3 Å². The second-order valence-corrected chi connectivity index (χ2v) is 11.4. The first-order valence-electron chi connectivity index (χ1n) is 15.3. The van der Waals surface area contributed by atoms with Gasteiger partial charge in [0.05, 0.1) is 7.11 Å². The third-order valence-electron chi connectivity index (χ3n) is 8.87. The van der Waals surface area contributed by atoms with Gasteiger partial charge < -0.3 is 23.8 Å². The molecule has 0 N–H and O–H groups in total. The third-order valence-corrected chi connectivity index (χ3v) is 8.87. The maximum atomic E-state index is 6.21. The molecule has 1 fully saturated rings. The van der Waals surface area contributed by atoms with Gasteiger partial charge in [0.25, 0.3) is 0 Å². The molecule has 4 aromatic carbocycles. The molecule has 43 heavy (non-hydrogen) atoms. The summed E-state index contributed by atoms with van der Waals surface area (Å²) in [6, 6.07) is 34.4. The summed E-state index contributed by atoms with van der Waals surface area (Å²) in [5, 5.41) is 0. The molecule has 1 heterocycles. The number of aryl methyl sites for hydroxylation is 1. The Balaban J connectivity index is 1.33. The molecule has 2 aliphatic rings. The average Bonchev–Trinajstić information content (AvgIpc) is 3.08. The normalized spacial score (nSPS) is 15.5. The molecule has 0 saturated carbocycles. The summed E-state index contributed by atoms with van der Waals surface area (Å²) in [5.74, 6) is 2.21. The first kappa shape index (κ1) is 29.0. The van der Waals surface area contributed by atoms with Gasteiger partial charge in [0.1, 0.15) is 18.1 Å². The Bertz CT molecular complexity index is 1540. The van der Waals surface area contributed by atoms with Crippen LogP contribution in [0, 0.1) is 5.92 Å². The van der Waals surface area contributed by atoms with Crippen LogP contribution in [0.1, 0.15) is 47.1 Å². The highest BCUT2D eigenvalue weighted by atomic mass is 16.7. The highest BCUT2D eigenvalue weighted by Gasteiger charge is 2.28. The maximum Gasteiger partial charge on any atom is 0.159 e. The number of hydrogen-bond donors (Lipinski definition) is 0. The van der Waals surface area contributed by atoms with Gasteiger partial charge in [-0.15, -0.1) is 0 Å². The van der Waals surface area contributed by atoms with Crippen LogP contribution >= 0.6 is 0 Å². The molecule has 0 spiro atoms. The van der Waals surface area contributed by atoms with Crippen molar-refractivity contribution in [2.45, 2.75) is 38.6 Å². The number of hydrogen-bond acceptors (Lipinski definition) is 5. The van der Waals surface area contributed by atoms with Gasteiger partial charge in [-0.05, 0) is 83.3 Å². The number of nitrogens with zero attached hydrogens (tertiary/aromatic N) is 1. The number of piperidine rings is 1. The summed E-state index contributed by atoms with van der Waals surface area (Å²) in [5.41, 5.74) is 9.87. The zero-order valence-corrected chi connectivity index (χ0v) is 25.4. The van der Waals surface area contributed by atoms with E-state index in [-0.39, 0.29) is 6.29 Å². The van der Waals surface area contributed by atoms with Gasteiger partial charge in [0.15, 0.2) is 6.29 Å². The quantitative estimate of drug-likeness (QED) is 0.179. The van der Waals surface area contributed by atoms with E-state index in [0.29, 0.717) is 12.5 Å². The minimum absolute atomic E-state index is 0.141. The zero-order chi connectivity index (χ0) is 29.6. The van der Waals surface area contributed by atoms with Crippen LogP contribution in [0.5, 0.6) is 11.5 Å². The highest BCUT2D eigenvalue weighted by Crippen LogP contribution is 2.45. The molecule has 0 aromatic heterocycles. The minimum atomic E-state index is -0.141. The zero-order valence-electron chi connectivity index (χ0n) is 25.4. The van der Waals surface area contributed by atoms with Crippen LogP contribution in [-0.2, 0) is 22.5 Å². The fraction of sp³-hybridized carbons (Fsp3) is 0.316. The van der Waals surface area contributed by atoms with E-state index in [9.17, 15) is 0 Å². The van der Waals surface area contributed by atoms with Gasteiger partial charge >= 0.3 is 0 Å². The Morgan fingerprint density at radius 2 is 1.44 bits per heavy atom. The van der Waals surface area contributed by atoms with E-state index < -0.39 is 0 Å². The molecular formula is C38H41NO4. The highest BCUT2D eigenvalue weighted by molar-refractivity contribution is 6.02. The van der Waals surface area contributed by atoms with Crippen molar-refractivity contribution in [2.24, 2.45) is 5.92 Å². The SMILES string of the molecule is COc1cc(N2CCC(C(OC)OC)CC2)ccc1C1=C(c2ccccc2)CCc2cc(OCc3ccccc3)ccc21.